The normalized spacial score (nSPS) is 12.6. The molecular formula is C18H38N2O. The van der Waals surface area contributed by atoms with E-state index in [1.807, 2.05) is 0 Å². The standard InChI is InChI=1S/C18H38N2O/c1-5-8-10-12-17(13-11-9-6-2)19-15-14-18(21)20-16(4)7-3/h16-17,19H,5-15H2,1-4H3,(H,20,21). The lowest BCUT2D eigenvalue weighted by molar-refractivity contribution is -0.121. The van der Waals surface area contributed by atoms with E-state index in [-0.39, 0.29) is 5.91 Å². The minimum atomic E-state index is 0.178. The second-order valence-corrected chi connectivity index (χ2v) is 6.27. The Labute approximate surface area is 132 Å². The molecular weight excluding hydrogens is 260 g/mol. The Morgan fingerprint density at radius 3 is 2.00 bits per heavy atom. The van der Waals surface area contributed by atoms with E-state index in [1.165, 1.54) is 51.4 Å². The van der Waals surface area contributed by atoms with Crippen molar-refractivity contribution in [3.8, 4) is 0 Å². The average molecular weight is 299 g/mol. The average Bonchev–Trinajstić information content (AvgIpc) is 2.47. The molecule has 126 valence electrons. The number of amides is 1. The minimum absolute atomic E-state index is 0.178. The number of unbranched alkanes of at least 4 members (excludes halogenated alkanes) is 4. The molecule has 0 radical (unpaired) electrons. The Bertz CT molecular complexity index is 233. The van der Waals surface area contributed by atoms with Crippen LogP contribution in [0.15, 0.2) is 0 Å². The molecule has 0 aliphatic heterocycles. The van der Waals surface area contributed by atoms with Gasteiger partial charge in [-0.25, -0.2) is 0 Å². The van der Waals surface area contributed by atoms with Crippen molar-refractivity contribution in [2.24, 2.45) is 0 Å². The van der Waals surface area contributed by atoms with Crippen molar-refractivity contribution < 1.29 is 4.79 Å². The largest absolute Gasteiger partial charge is 0.354 e. The lowest BCUT2D eigenvalue weighted by Gasteiger charge is -2.19. The lowest BCUT2D eigenvalue weighted by atomic mass is 10.0. The molecule has 0 aromatic rings. The molecule has 21 heavy (non-hydrogen) atoms. The number of carbonyl (C=O) groups excluding carboxylic acids is 1. The maximum Gasteiger partial charge on any atom is 0.221 e. The first-order valence-corrected chi connectivity index (χ1v) is 9.16. The van der Waals surface area contributed by atoms with Crippen LogP contribution in [0.25, 0.3) is 0 Å². The highest BCUT2D eigenvalue weighted by molar-refractivity contribution is 5.76. The van der Waals surface area contributed by atoms with E-state index in [4.69, 9.17) is 0 Å². The Kier molecular flexibility index (Phi) is 14.0. The number of nitrogens with one attached hydrogen (secondary N) is 2. The Morgan fingerprint density at radius 2 is 1.52 bits per heavy atom. The van der Waals surface area contributed by atoms with Gasteiger partial charge >= 0.3 is 0 Å². The van der Waals surface area contributed by atoms with Crippen LogP contribution in [-0.2, 0) is 4.79 Å². The van der Waals surface area contributed by atoms with Gasteiger partial charge in [0.15, 0.2) is 0 Å². The van der Waals surface area contributed by atoms with Gasteiger partial charge in [0, 0.05) is 25.0 Å². The van der Waals surface area contributed by atoms with E-state index in [0.29, 0.717) is 18.5 Å². The molecule has 1 atom stereocenters. The van der Waals surface area contributed by atoms with Crippen molar-refractivity contribution >= 4 is 5.91 Å². The summed E-state index contributed by atoms with van der Waals surface area (Å²) < 4.78 is 0. The number of rotatable bonds is 14. The molecule has 0 bridgehead atoms. The fourth-order valence-corrected chi connectivity index (χ4v) is 2.47. The fraction of sp³-hybridized carbons (Fsp3) is 0.944. The molecule has 0 saturated carbocycles. The van der Waals surface area contributed by atoms with Crippen molar-refractivity contribution in [2.75, 3.05) is 6.54 Å². The van der Waals surface area contributed by atoms with Crippen LogP contribution in [0.5, 0.6) is 0 Å². The molecule has 0 rings (SSSR count). The van der Waals surface area contributed by atoms with Crippen LogP contribution in [0.2, 0.25) is 0 Å². The summed E-state index contributed by atoms with van der Waals surface area (Å²) in [6.07, 6.45) is 11.9. The van der Waals surface area contributed by atoms with Crippen molar-refractivity contribution in [2.45, 2.75) is 104 Å². The van der Waals surface area contributed by atoms with Gasteiger partial charge in [0.05, 0.1) is 0 Å². The van der Waals surface area contributed by atoms with Crippen molar-refractivity contribution in [1.82, 2.24) is 10.6 Å². The first-order valence-electron chi connectivity index (χ1n) is 9.16. The predicted octanol–water partition coefficient (Wildman–Crippen LogP) is 4.41. The summed E-state index contributed by atoms with van der Waals surface area (Å²) in [5.41, 5.74) is 0. The van der Waals surface area contributed by atoms with E-state index >= 15 is 0 Å². The van der Waals surface area contributed by atoms with Crippen molar-refractivity contribution in [1.29, 1.82) is 0 Å². The van der Waals surface area contributed by atoms with Gasteiger partial charge in [0.1, 0.15) is 0 Å². The third-order valence-electron chi connectivity index (χ3n) is 4.12. The predicted molar refractivity (Wildman–Crippen MR) is 92.6 cm³/mol. The molecule has 0 fully saturated rings. The summed E-state index contributed by atoms with van der Waals surface area (Å²) >= 11 is 0. The molecule has 0 aliphatic carbocycles. The molecule has 3 heteroatoms. The fourth-order valence-electron chi connectivity index (χ4n) is 2.47. The molecule has 0 heterocycles. The van der Waals surface area contributed by atoms with Gasteiger partial charge in [-0.3, -0.25) is 4.79 Å². The summed E-state index contributed by atoms with van der Waals surface area (Å²) in [5.74, 6) is 0.178. The monoisotopic (exact) mass is 298 g/mol. The smallest absolute Gasteiger partial charge is 0.221 e. The highest BCUT2D eigenvalue weighted by atomic mass is 16.1. The van der Waals surface area contributed by atoms with E-state index in [2.05, 4.69) is 38.3 Å². The van der Waals surface area contributed by atoms with Gasteiger partial charge in [-0.2, -0.15) is 0 Å². The van der Waals surface area contributed by atoms with Crippen molar-refractivity contribution in [3.05, 3.63) is 0 Å². The van der Waals surface area contributed by atoms with Gasteiger partial charge in [-0.15, -0.1) is 0 Å². The van der Waals surface area contributed by atoms with E-state index in [1.54, 1.807) is 0 Å². The topological polar surface area (TPSA) is 41.1 Å². The molecule has 0 aliphatic rings. The lowest BCUT2D eigenvalue weighted by Crippen LogP contribution is -2.36. The third-order valence-corrected chi connectivity index (χ3v) is 4.12. The molecule has 2 N–H and O–H groups in total. The summed E-state index contributed by atoms with van der Waals surface area (Å²) in [6, 6.07) is 0.891. The van der Waals surface area contributed by atoms with E-state index in [9.17, 15) is 4.79 Å². The quantitative estimate of drug-likeness (QED) is 0.466. The van der Waals surface area contributed by atoms with Crippen LogP contribution in [0.1, 0.15) is 91.9 Å². The molecule has 1 amide bonds. The van der Waals surface area contributed by atoms with Crippen LogP contribution >= 0.6 is 0 Å². The zero-order valence-corrected chi connectivity index (χ0v) is 14.8. The zero-order valence-electron chi connectivity index (χ0n) is 14.8. The van der Waals surface area contributed by atoms with E-state index in [0.717, 1.165) is 13.0 Å². The summed E-state index contributed by atoms with van der Waals surface area (Å²) in [7, 11) is 0. The van der Waals surface area contributed by atoms with Gasteiger partial charge in [0.25, 0.3) is 0 Å². The molecule has 0 aromatic heterocycles. The number of hydrogen-bond donors (Lipinski definition) is 2. The highest BCUT2D eigenvalue weighted by Crippen LogP contribution is 2.11. The second kappa shape index (κ2) is 14.4. The maximum atomic E-state index is 11.8. The van der Waals surface area contributed by atoms with Gasteiger partial charge in [0.2, 0.25) is 5.91 Å². The molecule has 3 nitrogen and oxygen atoms in total. The SMILES string of the molecule is CCCCCC(CCCCC)NCCC(=O)NC(C)CC. The van der Waals surface area contributed by atoms with Crippen LogP contribution < -0.4 is 10.6 Å². The molecule has 0 aromatic carbocycles. The first kappa shape index (κ1) is 20.4. The van der Waals surface area contributed by atoms with Crippen LogP contribution in [0.3, 0.4) is 0 Å². The minimum Gasteiger partial charge on any atom is -0.354 e. The first-order chi connectivity index (χ1) is 10.1. The summed E-state index contributed by atoms with van der Waals surface area (Å²) in [4.78, 5) is 11.8. The van der Waals surface area contributed by atoms with Crippen LogP contribution in [0.4, 0.5) is 0 Å². The molecule has 1 unspecified atom stereocenters. The Morgan fingerprint density at radius 1 is 0.952 bits per heavy atom. The zero-order chi connectivity index (χ0) is 15.9. The Balaban J connectivity index is 3.88. The van der Waals surface area contributed by atoms with Gasteiger partial charge in [-0.05, 0) is 26.2 Å². The third kappa shape index (κ3) is 12.9. The maximum absolute atomic E-state index is 11.8. The number of carbonyl (C=O) groups is 1. The Hall–Kier alpha value is -0.570. The second-order valence-electron chi connectivity index (χ2n) is 6.27. The van der Waals surface area contributed by atoms with Gasteiger partial charge < -0.3 is 10.6 Å². The van der Waals surface area contributed by atoms with Crippen molar-refractivity contribution in [3.63, 3.8) is 0 Å². The summed E-state index contributed by atoms with van der Waals surface area (Å²) in [5, 5.41) is 6.63. The molecule has 0 spiro atoms. The van der Waals surface area contributed by atoms with Crippen LogP contribution in [-0.4, -0.2) is 24.5 Å². The van der Waals surface area contributed by atoms with Crippen LogP contribution in [0, 0.1) is 0 Å². The van der Waals surface area contributed by atoms with Gasteiger partial charge in [-0.1, -0.05) is 59.3 Å². The molecule has 0 saturated heterocycles. The van der Waals surface area contributed by atoms with E-state index < -0.39 is 0 Å². The summed E-state index contributed by atoms with van der Waals surface area (Å²) in [6.45, 7) is 9.47. The number of hydrogen-bond acceptors (Lipinski definition) is 2. The highest BCUT2D eigenvalue weighted by Gasteiger charge is 2.09.